The second kappa shape index (κ2) is 7.35. The molecule has 2 aromatic carbocycles. The summed E-state index contributed by atoms with van der Waals surface area (Å²) in [7, 11) is 0. The number of anilines is 1. The normalized spacial score (nSPS) is 14.3. The molecule has 0 saturated carbocycles. The van der Waals surface area contributed by atoms with E-state index in [2.05, 4.69) is 34.1 Å². The van der Waals surface area contributed by atoms with Gasteiger partial charge in [0, 0.05) is 43.5 Å². The number of hydrogen-bond acceptors (Lipinski definition) is 4. The Morgan fingerprint density at radius 2 is 1.42 bits per heavy atom. The summed E-state index contributed by atoms with van der Waals surface area (Å²) in [4.78, 5) is 24.4. The van der Waals surface area contributed by atoms with Gasteiger partial charge in [-0.15, -0.1) is 0 Å². The van der Waals surface area contributed by atoms with E-state index in [-0.39, 0.29) is 0 Å². The Morgan fingerprint density at radius 1 is 0.808 bits per heavy atom. The highest BCUT2D eigenvalue weighted by atomic mass is 16.1. The molecule has 0 atom stereocenters. The Morgan fingerprint density at radius 3 is 2.04 bits per heavy atom. The Kier molecular flexibility index (Phi) is 4.60. The third-order valence-electron chi connectivity index (χ3n) is 4.65. The largest absolute Gasteiger partial charge is 0.342 e. The lowest BCUT2D eigenvalue weighted by Gasteiger charge is -2.32. The molecule has 0 N–H and O–H groups in total. The summed E-state index contributed by atoms with van der Waals surface area (Å²) in [5.41, 5.74) is 4.12. The van der Waals surface area contributed by atoms with Crippen molar-refractivity contribution in [2.24, 2.45) is 0 Å². The van der Waals surface area contributed by atoms with Crippen molar-refractivity contribution in [3.05, 3.63) is 66.9 Å². The summed E-state index contributed by atoms with van der Waals surface area (Å²) in [5.74, 6) is 0.717. The predicted molar refractivity (Wildman–Crippen MR) is 103 cm³/mol. The van der Waals surface area contributed by atoms with E-state index < -0.39 is 0 Å². The fourth-order valence-corrected chi connectivity index (χ4v) is 3.20. The topological polar surface area (TPSA) is 49.3 Å². The number of hydrogen-bond donors (Lipinski definition) is 0. The van der Waals surface area contributed by atoms with E-state index in [1.165, 1.54) is 0 Å². The van der Waals surface area contributed by atoms with Gasteiger partial charge < -0.3 is 9.80 Å². The molecule has 1 aromatic heterocycles. The fraction of sp³-hybridized carbons (Fsp3) is 0.190. The highest BCUT2D eigenvalue weighted by Crippen LogP contribution is 2.31. The molecule has 0 aliphatic carbocycles. The summed E-state index contributed by atoms with van der Waals surface area (Å²) >= 11 is 0. The number of benzene rings is 2. The van der Waals surface area contributed by atoms with Crippen LogP contribution in [0.25, 0.3) is 22.4 Å². The maximum atomic E-state index is 10.9. The summed E-state index contributed by atoms with van der Waals surface area (Å²) < 4.78 is 0. The maximum absolute atomic E-state index is 10.9. The fourth-order valence-electron chi connectivity index (χ4n) is 3.20. The van der Waals surface area contributed by atoms with Crippen molar-refractivity contribution in [1.82, 2.24) is 14.9 Å². The van der Waals surface area contributed by atoms with Crippen LogP contribution in [-0.2, 0) is 4.79 Å². The first-order valence-electron chi connectivity index (χ1n) is 8.77. The Hall–Kier alpha value is -3.21. The number of nitrogens with zero attached hydrogens (tertiary/aromatic N) is 4. The van der Waals surface area contributed by atoms with Gasteiger partial charge in [0.05, 0.1) is 5.69 Å². The average Bonchev–Trinajstić information content (AvgIpc) is 2.75. The quantitative estimate of drug-likeness (QED) is 0.683. The van der Waals surface area contributed by atoms with Crippen LogP contribution in [-0.4, -0.2) is 47.5 Å². The summed E-state index contributed by atoms with van der Waals surface area (Å²) in [5, 5.41) is 0. The molecule has 0 spiro atoms. The van der Waals surface area contributed by atoms with Gasteiger partial charge in [-0.05, 0) is 5.56 Å². The van der Waals surface area contributed by atoms with E-state index in [0.717, 1.165) is 41.9 Å². The van der Waals surface area contributed by atoms with Crippen molar-refractivity contribution < 1.29 is 4.79 Å². The zero-order valence-corrected chi connectivity index (χ0v) is 14.5. The standard InChI is InChI=1S/C21H20N4O/c26-16-24-11-13-25(14-12-24)21-22-15-19(17-7-3-1-4-8-17)20(23-21)18-9-5-2-6-10-18/h1-10,15-16H,11-14H2. The molecule has 130 valence electrons. The van der Waals surface area contributed by atoms with E-state index in [4.69, 9.17) is 4.98 Å². The van der Waals surface area contributed by atoms with Gasteiger partial charge in [0.2, 0.25) is 12.4 Å². The lowest BCUT2D eigenvalue weighted by Crippen LogP contribution is -2.46. The number of amides is 1. The molecule has 1 fully saturated rings. The lowest BCUT2D eigenvalue weighted by molar-refractivity contribution is -0.118. The van der Waals surface area contributed by atoms with Gasteiger partial charge >= 0.3 is 0 Å². The van der Waals surface area contributed by atoms with Crippen molar-refractivity contribution in [2.45, 2.75) is 0 Å². The van der Waals surface area contributed by atoms with Crippen molar-refractivity contribution in [3.8, 4) is 22.4 Å². The van der Waals surface area contributed by atoms with Gasteiger partial charge in [-0.25, -0.2) is 9.97 Å². The van der Waals surface area contributed by atoms with Crippen molar-refractivity contribution >= 4 is 12.4 Å². The third-order valence-corrected chi connectivity index (χ3v) is 4.65. The molecule has 0 radical (unpaired) electrons. The molecular formula is C21H20N4O. The molecule has 1 saturated heterocycles. The van der Waals surface area contributed by atoms with E-state index >= 15 is 0 Å². The van der Waals surface area contributed by atoms with Gasteiger partial charge in [0.1, 0.15) is 0 Å². The molecule has 0 bridgehead atoms. The molecular weight excluding hydrogens is 324 g/mol. The highest BCUT2D eigenvalue weighted by molar-refractivity contribution is 5.80. The van der Waals surface area contributed by atoms with E-state index in [0.29, 0.717) is 19.0 Å². The van der Waals surface area contributed by atoms with Crippen molar-refractivity contribution in [1.29, 1.82) is 0 Å². The highest BCUT2D eigenvalue weighted by Gasteiger charge is 2.20. The zero-order chi connectivity index (χ0) is 17.8. The van der Waals surface area contributed by atoms with Crippen LogP contribution < -0.4 is 4.90 Å². The van der Waals surface area contributed by atoms with Crippen LogP contribution in [0, 0.1) is 0 Å². The molecule has 1 amide bonds. The van der Waals surface area contributed by atoms with Crippen molar-refractivity contribution in [3.63, 3.8) is 0 Å². The minimum absolute atomic E-state index is 0.702. The van der Waals surface area contributed by atoms with Gasteiger partial charge in [-0.2, -0.15) is 0 Å². The van der Waals surface area contributed by atoms with Crippen LogP contribution in [0.15, 0.2) is 66.9 Å². The van der Waals surface area contributed by atoms with Crippen LogP contribution in [0.5, 0.6) is 0 Å². The molecule has 5 nitrogen and oxygen atoms in total. The van der Waals surface area contributed by atoms with Crippen LogP contribution in [0.4, 0.5) is 5.95 Å². The average molecular weight is 344 g/mol. The predicted octanol–water partition coefficient (Wildman–Crippen LogP) is 3.09. The molecule has 26 heavy (non-hydrogen) atoms. The summed E-state index contributed by atoms with van der Waals surface area (Å²) in [6.45, 7) is 2.90. The van der Waals surface area contributed by atoms with Crippen LogP contribution in [0.1, 0.15) is 0 Å². The van der Waals surface area contributed by atoms with Crippen LogP contribution in [0.3, 0.4) is 0 Å². The first-order chi connectivity index (χ1) is 12.8. The maximum Gasteiger partial charge on any atom is 0.226 e. The zero-order valence-electron chi connectivity index (χ0n) is 14.5. The molecule has 5 heteroatoms. The monoisotopic (exact) mass is 344 g/mol. The van der Waals surface area contributed by atoms with Gasteiger partial charge in [0.25, 0.3) is 0 Å². The summed E-state index contributed by atoms with van der Waals surface area (Å²) in [6.07, 6.45) is 2.82. The minimum atomic E-state index is 0.702. The summed E-state index contributed by atoms with van der Waals surface area (Å²) in [6, 6.07) is 20.4. The van der Waals surface area contributed by atoms with Gasteiger partial charge in [-0.3, -0.25) is 4.79 Å². The molecule has 2 heterocycles. The first kappa shape index (κ1) is 16.3. The number of carbonyl (C=O) groups excluding carboxylic acids is 1. The van der Waals surface area contributed by atoms with E-state index in [1.54, 1.807) is 4.90 Å². The smallest absolute Gasteiger partial charge is 0.226 e. The van der Waals surface area contributed by atoms with Gasteiger partial charge in [0.15, 0.2) is 0 Å². The third kappa shape index (κ3) is 3.28. The second-order valence-electron chi connectivity index (χ2n) is 6.29. The van der Waals surface area contributed by atoms with Crippen LogP contribution >= 0.6 is 0 Å². The Bertz CT molecular complexity index is 875. The lowest BCUT2D eigenvalue weighted by atomic mass is 10.0. The molecule has 0 unspecified atom stereocenters. The molecule has 3 aromatic rings. The molecule has 1 aliphatic rings. The Labute approximate surface area is 152 Å². The Balaban J connectivity index is 1.74. The SMILES string of the molecule is O=CN1CCN(c2ncc(-c3ccccc3)c(-c3ccccc3)n2)CC1. The van der Waals surface area contributed by atoms with E-state index in [9.17, 15) is 4.79 Å². The van der Waals surface area contributed by atoms with E-state index in [1.807, 2.05) is 42.6 Å². The van der Waals surface area contributed by atoms with Gasteiger partial charge in [-0.1, -0.05) is 60.7 Å². The number of aromatic nitrogens is 2. The van der Waals surface area contributed by atoms with Crippen molar-refractivity contribution in [2.75, 3.05) is 31.1 Å². The first-order valence-corrected chi connectivity index (χ1v) is 8.77. The van der Waals surface area contributed by atoms with Crippen LogP contribution in [0.2, 0.25) is 0 Å². The number of rotatable bonds is 4. The molecule has 4 rings (SSSR count). The second-order valence-corrected chi connectivity index (χ2v) is 6.29. The number of piperazine rings is 1. The molecule has 1 aliphatic heterocycles. The minimum Gasteiger partial charge on any atom is -0.342 e. The number of carbonyl (C=O) groups is 1.